The van der Waals surface area contributed by atoms with Crippen molar-refractivity contribution >= 4 is 0 Å². The van der Waals surface area contributed by atoms with Gasteiger partial charge in [-0.3, -0.25) is 0 Å². The molecule has 3 nitrogen and oxygen atoms in total. The van der Waals surface area contributed by atoms with E-state index < -0.39 is 0 Å². The summed E-state index contributed by atoms with van der Waals surface area (Å²) < 4.78 is 33.3. The zero-order valence-electron chi connectivity index (χ0n) is 28.0. The van der Waals surface area contributed by atoms with Gasteiger partial charge in [0.15, 0.2) is 0 Å². The number of methoxy groups -OCH3 is 1. The van der Waals surface area contributed by atoms with Crippen molar-refractivity contribution in [2.45, 2.75) is 103 Å². The summed E-state index contributed by atoms with van der Waals surface area (Å²) in [4.78, 5) is 0. The van der Waals surface area contributed by atoms with E-state index in [0.29, 0.717) is 12.0 Å². The number of nitrogens with one attached hydrogen (secondary N) is 2. The molecule has 0 radical (unpaired) electrons. The van der Waals surface area contributed by atoms with Crippen LogP contribution in [0.25, 0.3) is 0 Å². The van der Waals surface area contributed by atoms with Crippen LogP contribution in [-0.4, -0.2) is 32.8 Å². The molecule has 0 aliphatic carbocycles. The standard InChI is InChI=1S/C39H54F2N2O/c1-38(2,3)34-23-27(24-35(37(34)44-7)39(4,5)6)25-36(30-20-22-42-26-30)43-21-10-8-9-11-33(28-12-16-31(40)17-13-28)29-14-18-32(41)19-15-29/h12-19,23-24,30,33,36,42-43H,8-11,20-22,25-26H2,1-7H3. The van der Waals surface area contributed by atoms with Crippen molar-refractivity contribution in [1.29, 1.82) is 0 Å². The first-order valence-corrected chi connectivity index (χ1v) is 16.5. The highest BCUT2D eigenvalue weighted by Gasteiger charge is 2.30. The Morgan fingerprint density at radius 2 is 1.36 bits per heavy atom. The topological polar surface area (TPSA) is 33.3 Å². The van der Waals surface area contributed by atoms with E-state index in [1.54, 1.807) is 7.11 Å². The van der Waals surface area contributed by atoms with E-state index in [1.807, 2.05) is 24.3 Å². The number of halogens is 2. The van der Waals surface area contributed by atoms with Gasteiger partial charge in [0.25, 0.3) is 0 Å². The highest BCUT2D eigenvalue weighted by molar-refractivity contribution is 5.51. The zero-order valence-corrected chi connectivity index (χ0v) is 28.0. The second-order valence-electron chi connectivity index (χ2n) is 14.7. The van der Waals surface area contributed by atoms with E-state index in [2.05, 4.69) is 64.3 Å². The highest BCUT2D eigenvalue weighted by atomic mass is 19.1. The van der Waals surface area contributed by atoms with E-state index >= 15 is 0 Å². The van der Waals surface area contributed by atoms with E-state index in [-0.39, 0.29) is 28.4 Å². The minimum Gasteiger partial charge on any atom is -0.496 e. The zero-order chi connectivity index (χ0) is 31.9. The summed E-state index contributed by atoms with van der Waals surface area (Å²) in [6, 6.07) is 18.7. The maximum Gasteiger partial charge on any atom is 0.126 e. The molecule has 3 aromatic carbocycles. The van der Waals surface area contributed by atoms with Crippen LogP contribution in [0, 0.1) is 17.6 Å². The van der Waals surface area contributed by atoms with Crippen LogP contribution >= 0.6 is 0 Å². The summed E-state index contributed by atoms with van der Waals surface area (Å²) in [5.41, 5.74) is 6.07. The number of ether oxygens (including phenoxy) is 1. The molecule has 240 valence electrons. The van der Waals surface area contributed by atoms with Crippen molar-refractivity contribution in [2.75, 3.05) is 26.7 Å². The highest BCUT2D eigenvalue weighted by Crippen LogP contribution is 2.41. The second-order valence-corrected chi connectivity index (χ2v) is 14.7. The first-order valence-electron chi connectivity index (χ1n) is 16.5. The molecular weight excluding hydrogens is 550 g/mol. The summed E-state index contributed by atoms with van der Waals surface area (Å²) in [7, 11) is 1.80. The van der Waals surface area contributed by atoms with E-state index in [4.69, 9.17) is 4.74 Å². The lowest BCUT2D eigenvalue weighted by Gasteiger charge is -2.31. The molecular formula is C39H54F2N2O. The molecule has 1 heterocycles. The Bertz CT molecular complexity index is 1240. The fraction of sp³-hybridized carbons (Fsp3) is 0.538. The van der Waals surface area contributed by atoms with Gasteiger partial charge in [-0.2, -0.15) is 0 Å². The minimum atomic E-state index is -0.233. The van der Waals surface area contributed by atoms with Crippen molar-refractivity contribution in [1.82, 2.24) is 10.6 Å². The molecule has 1 aliphatic rings. The molecule has 1 aliphatic heterocycles. The molecule has 2 N–H and O–H groups in total. The number of unbranched alkanes of at least 4 members (excludes halogenated alkanes) is 2. The molecule has 5 heteroatoms. The van der Waals surface area contributed by atoms with Crippen LogP contribution in [0.4, 0.5) is 8.78 Å². The summed E-state index contributed by atoms with van der Waals surface area (Å²) in [5, 5.41) is 7.55. The van der Waals surface area contributed by atoms with Crippen LogP contribution in [-0.2, 0) is 17.3 Å². The smallest absolute Gasteiger partial charge is 0.126 e. The number of benzene rings is 3. The molecule has 0 saturated carbocycles. The van der Waals surface area contributed by atoms with Gasteiger partial charge in [0.2, 0.25) is 0 Å². The van der Waals surface area contributed by atoms with Crippen molar-refractivity contribution in [3.63, 3.8) is 0 Å². The van der Waals surface area contributed by atoms with E-state index in [1.165, 1.54) is 47.4 Å². The van der Waals surface area contributed by atoms with Gasteiger partial charge in [-0.05, 0) is 103 Å². The molecule has 0 aromatic heterocycles. The third-order valence-electron chi connectivity index (χ3n) is 9.21. The Morgan fingerprint density at radius 3 is 1.82 bits per heavy atom. The van der Waals surface area contributed by atoms with Gasteiger partial charge in [0.05, 0.1) is 7.11 Å². The maximum absolute atomic E-state index is 13.6. The summed E-state index contributed by atoms with van der Waals surface area (Å²) in [6.07, 6.45) is 6.40. The Labute approximate surface area is 265 Å². The predicted molar refractivity (Wildman–Crippen MR) is 180 cm³/mol. The molecule has 0 bridgehead atoms. The molecule has 4 rings (SSSR count). The lowest BCUT2D eigenvalue weighted by molar-refractivity contribution is 0.364. The van der Waals surface area contributed by atoms with Crippen molar-refractivity contribution in [3.05, 3.63) is 100 Å². The lowest BCUT2D eigenvalue weighted by atomic mass is 9.77. The van der Waals surface area contributed by atoms with Crippen molar-refractivity contribution in [2.24, 2.45) is 5.92 Å². The maximum atomic E-state index is 13.6. The first kappa shape index (κ1) is 34.1. The number of rotatable bonds is 13. The average molecular weight is 605 g/mol. The first-order chi connectivity index (χ1) is 20.9. The monoisotopic (exact) mass is 604 g/mol. The Balaban J connectivity index is 1.41. The molecule has 44 heavy (non-hydrogen) atoms. The van der Waals surface area contributed by atoms with Gasteiger partial charge in [0.1, 0.15) is 17.4 Å². The second kappa shape index (κ2) is 15.0. The molecule has 3 aromatic rings. The summed E-state index contributed by atoms with van der Waals surface area (Å²) >= 11 is 0. The molecule has 0 amide bonds. The quantitative estimate of drug-likeness (QED) is 0.191. The largest absolute Gasteiger partial charge is 0.496 e. The molecule has 2 unspecified atom stereocenters. The van der Waals surface area contributed by atoms with E-state index in [9.17, 15) is 8.78 Å². The Hall–Kier alpha value is -2.76. The van der Waals surface area contributed by atoms with Crippen LogP contribution in [0.15, 0.2) is 60.7 Å². The fourth-order valence-electron chi connectivity index (χ4n) is 6.67. The van der Waals surface area contributed by atoms with Crippen LogP contribution in [0.5, 0.6) is 5.75 Å². The van der Waals surface area contributed by atoms with Crippen LogP contribution in [0.3, 0.4) is 0 Å². The van der Waals surface area contributed by atoms with Gasteiger partial charge < -0.3 is 15.4 Å². The molecule has 1 fully saturated rings. The van der Waals surface area contributed by atoms with Gasteiger partial charge >= 0.3 is 0 Å². The van der Waals surface area contributed by atoms with Gasteiger partial charge in [-0.25, -0.2) is 8.78 Å². The number of hydrogen-bond donors (Lipinski definition) is 2. The normalized spacial score (nSPS) is 16.5. The van der Waals surface area contributed by atoms with Gasteiger partial charge in [-0.1, -0.05) is 90.8 Å². The van der Waals surface area contributed by atoms with Crippen molar-refractivity contribution in [3.8, 4) is 5.75 Å². The van der Waals surface area contributed by atoms with Crippen LogP contribution in [0.2, 0.25) is 0 Å². The lowest BCUT2D eigenvalue weighted by Crippen LogP contribution is -2.39. The van der Waals surface area contributed by atoms with Crippen LogP contribution in [0.1, 0.15) is 107 Å². The molecule has 0 spiro atoms. The molecule has 2 atom stereocenters. The third-order valence-corrected chi connectivity index (χ3v) is 9.21. The van der Waals surface area contributed by atoms with Gasteiger partial charge in [-0.15, -0.1) is 0 Å². The number of hydrogen-bond acceptors (Lipinski definition) is 3. The SMILES string of the molecule is COc1c(C(C)(C)C)cc(CC(NCCCCCC(c2ccc(F)cc2)c2ccc(F)cc2)C2CCNC2)cc1C(C)(C)C. The average Bonchev–Trinajstić information content (AvgIpc) is 3.51. The van der Waals surface area contributed by atoms with Gasteiger partial charge in [0, 0.05) is 23.1 Å². The van der Waals surface area contributed by atoms with Crippen molar-refractivity contribution < 1.29 is 13.5 Å². The summed E-state index contributed by atoms with van der Waals surface area (Å²) in [6.45, 7) is 16.8. The van der Waals surface area contributed by atoms with Crippen LogP contribution < -0.4 is 15.4 Å². The predicted octanol–water partition coefficient (Wildman–Crippen LogP) is 9.07. The van der Waals surface area contributed by atoms with E-state index in [0.717, 1.165) is 68.6 Å². The Kier molecular flexibility index (Phi) is 11.6. The minimum absolute atomic E-state index is 0.0150. The fourth-order valence-corrected chi connectivity index (χ4v) is 6.67. The molecule has 1 saturated heterocycles. The Morgan fingerprint density at radius 1 is 0.818 bits per heavy atom. The summed E-state index contributed by atoms with van der Waals surface area (Å²) in [5.74, 6) is 1.30. The third kappa shape index (κ3) is 9.14.